The molecule has 1 aromatic rings. The van der Waals surface area contributed by atoms with E-state index >= 15 is 0 Å². The molecule has 6 nitrogen and oxygen atoms in total. The zero-order chi connectivity index (χ0) is 15.9. The van der Waals surface area contributed by atoms with Gasteiger partial charge in [-0.1, -0.05) is 0 Å². The molecule has 6 heteroatoms. The Balaban J connectivity index is 2.26. The van der Waals surface area contributed by atoms with E-state index in [1.165, 1.54) is 6.07 Å². The van der Waals surface area contributed by atoms with Crippen LogP contribution < -0.4 is 4.90 Å². The summed E-state index contributed by atoms with van der Waals surface area (Å²) in [6.45, 7) is 0.986. The first kappa shape index (κ1) is 16.2. The van der Waals surface area contributed by atoms with E-state index in [1.807, 2.05) is 6.07 Å². The molecule has 2 rings (SSSR count). The minimum atomic E-state index is -0.407. The maximum atomic E-state index is 11.3. The molecule has 0 spiro atoms. The van der Waals surface area contributed by atoms with Gasteiger partial charge in [0.2, 0.25) is 0 Å². The molecule has 1 fully saturated rings. The summed E-state index contributed by atoms with van der Waals surface area (Å²) in [6.07, 6.45) is 5.78. The topological polar surface area (TPSA) is 90.4 Å². The molecule has 1 N–H and O–H groups in total. The predicted molar refractivity (Wildman–Crippen MR) is 83.7 cm³/mol. The van der Waals surface area contributed by atoms with Crippen LogP contribution in [0.3, 0.4) is 0 Å². The van der Waals surface area contributed by atoms with Gasteiger partial charge in [0.25, 0.3) is 5.69 Å². The third-order valence-corrected chi connectivity index (χ3v) is 4.18. The lowest BCUT2D eigenvalue weighted by molar-refractivity contribution is -0.384. The van der Waals surface area contributed by atoms with Gasteiger partial charge in [0.05, 0.1) is 16.6 Å². The monoisotopic (exact) mass is 303 g/mol. The van der Waals surface area contributed by atoms with Crippen LogP contribution in [-0.4, -0.2) is 29.2 Å². The van der Waals surface area contributed by atoms with E-state index in [1.54, 1.807) is 12.1 Å². The van der Waals surface area contributed by atoms with Crippen LogP contribution in [0, 0.1) is 21.4 Å². The first-order chi connectivity index (χ1) is 10.7. The second-order valence-corrected chi connectivity index (χ2v) is 5.63. The van der Waals surface area contributed by atoms with Crippen LogP contribution in [-0.2, 0) is 0 Å². The second-order valence-electron chi connectivity index (χ2n) is 5.63. The van der Waals surface area contributed by atoms with Gasteiger partial charge in [-0.3, -0.25) is 10.1 Å². The first-order valence-corrected chi connectivity index (χ1v) is 7.73. The standard InChI is InChI=1S/C16H21N3O3/c17-12-13-7-8-15(16(11-13)19(21)22)18-9-3-1-5-14(18)6-2-4-10-20/h7-8,11,14,20H,1-6,9-10H2. The Bertz CT molecular complexity index is 568. The van der Waals surface area contributed by atoms with Crippen molar-refractivity contribution in [1.29, 1.82) is 5.26 Å². The number of anilines is 1. The van der Waals surface area contributed by atoms with Crippen LogP contribution in [0.1, 0.15) is 44.1 Å². The highest BCUT2D eigenvalue weighted by molar-refractivity contribution is 5.66. The van der Waals surface area contributed by atoms with Crippen molar-refractivity contribution < 1.29 is 10.0 Å². The van der Waals surface area contributed by atoms with Crippen molar-refractivity contribution >= 4 is 11.4 Å². The number of nitro groups is 1. The number of aliphatic hydroxyl groups is 1. The Labute approximate surface area is 130 Å². The lowest BCUT2D eigenvalue weighted by Crippen LogP contribution is -2.40. The summed E-state index contributed by atoms with van der Waals surface area (Å²) in [5.74, 6) is 0. The van der Waals surface area contributed by atoms with Gasteiger partial charge in [0.1, 0.15) is 5.69 Å². The number of rotatable bonds is 6. The quantitative estimate of drug-likeness (QED) is 0.495. The lowest BCUT2D eigenvalue weighted by atomic mass is 9.96. The number of piperidine rings is 1. The molecule has 1 aliphatic rings. The van der Waals surface area contributed by atoms with E-state index in [-0.39, 0.29) is 18.3 Å². The molecule has 118 valence electrons. The Morgan fingerprint density at radius 1 is 1.41 bits per heavy atom. The van der Waals surface area contributed by atoms with Crippen LogP contribution in [0.4, 0.5) is 11.4 Å². The lowest BCUT2D eigenvalue weighted by Gasteiger charge is -2.37. The van der Waals surface area contributed by atoms with Crippen LogP contribution in [0.5, 0.6) is 0 Å². The predicted octanol–water partition coefficient (Wildman–Crippen LogP) is 2.99. The molecule has 0 amide bonds. The minimum Gasteiger partial charge on any atom is -0.396 e. The van der Waals surface area contributed by atoms with Gasteiger partial charge in [-0.05, 0) is 50.7 Å². The number of hydrogen-bond donors (Lipinski definition) is 1. The first-order valence-electron chi connectivity index (χ1n) is 7.73. The van der Waals surface area contributed by atoms with Gasteiger partial charge < -0.3 is 10.0 Å². The Morgan fingerprint density at radius 2 is 2.23 bits per heavy atom. The van der Waals surface area contributed by atoms with Crippen LogP contribution >= 0.6 is 0 Å². The summed E-state index contributed by atoms with van der Waals surface area (Å²) < 4.78 is 0. The summed E-state index contributed by atoms with van der Waals surface area (Å²) in [7, 11) is 0. The van der Waals surface area contributed by atoms with Gasteiger partial charge in [0, 0.05) is 25.3 Å². The number of unbranched alkanes of at least 4 members (excludes halogenated alkanes) is 1. The molecule has 0 aromatic heterocycles. The molecule has 1 saturated heterocycles. The summed E-state index contributed by atoms with van der Waals surface area (Å²) in [4.78, 5) is 13.0. The number of nitrogens with zero attached hydrogens (tertiary/aromatic N) is 3. The molecule has 1 atom stereocenters. The van der Waals surface area contributed by atoms with E-state index in [4.69, 9.17) is 10.4 Å². The van der Waals surface area contributed by atoms with E-state index in [9.17, 15) is 10.1 Å². The molecular formula is C16H21N3O3. The molecule has 1 heterocycles. The SMILES string of the molecule is N#Cc1ccc(N2CCCCC2CCCCO)c([N+](=O)[O-])c1. The van der Waals surface area contributed by atoms with Gasteiger partial charge >= 0.3 is 0 Å². The highest BCUT2D eigenvalue weighted by atomic mass is 16.6. The van der Waals surface area contributed by atoms with Crippen LogP contribution in [0.25, 0.3) is 0 Å². The van der Waals surface area contributed by atoms with Crippen molar-refractivity contribution in [2.24, 2.45) is 0 Å². The molecule has 1 aliphatic heterocycles. The molecule has 1 aromatic carbocycles. The molecule has 1 unspecified atom stereocenters. The van der Waals surface area contributed by atoms with Crippen molar-refractivity contribution in [2.75, 3.05) is 18.1 Å². The Hall–Kier alpha value is -2.13. The van der Waals surface area contributed by atoms with Gasteiger partial charge in [-0.15, -0.1) is 0 Å². The average Bonchev–Trinajstić information content (AvgIpc) is 2.55. The van der Waals surface area contributed by atoms with E-state index in [0.29, 0.717) is 11.3 Å². The van der Waals surface area contributed by atoms with Crippen molar-refractivity contribution in [3.63, 3.8) is 0 Å². The molecule has 0 aliphatic carbocycles. The van der Waals surface area contributed by atoms with Crippen molar-refractivity contribution in [2.45, 2.75) is 44.6 Å². The third-order valence-electron chi connectivity index (χ3n) is 4.18. The van der Waals surface area contributed by atoms with Crippen molar-refractivity contribution in [3.8, 4) is 6.07 Å². The molecule has 22 heavy (non-hydrogen) atoms. The summed E-state index contributed by atoms with van der Waals surface area (Å²) in [5, 5.41) is 29.2. The summed E-state index contributed by atoms with van der Waals surface area (Å²) in [5.41, 5.74) is 0.926. The number of hydrogen-bond acceptors (Lipinski definition) is 5. The highest BCUT2D eigenvalue weighted by Crippen LogP contribution is 2.35. The number of aliphatic hydroxyl groups excluding tert-OH is 1. The minimum absolute atomic E-state index is 0.00751. The van der Waals surface area contributed by atoms with Crippen LogP contribution in [0.2, 0.25) is 0 Å². The smallest absolute Gasteiger partial charge is 0.293 e. The highest BCUT2D eigenvalue weighted by Gasteiger charge is 2.28. The normalized spacial score (nSPS) is 18.0. The summed E-state index contributed by atoms with van der Waals surface area (Å²) in [6, 6.07) is 6.92. The fourth-order valence-corrected chi connectivity index (χ4v) is 3.09. The molecular weight excluding hydrogens is 282 g/mol. The largest absolute Gasteiger partial charge is 0.396 e. The van der Waals surface area contributed by atoms with E-state index in [0.717, 1.165) is 45.1 Å². The van der Waals surface area contributed by atoms with Gasteiger partial charge in [-0.2, -0.15) is 5.26 Å². The number of nitriles is 1. The average molecular weight is 303 g/mol. The van der Waals surface area contributed by atoms with Crippen LogP contribution in [0.15, 0.2) is 18.2 Å². The Kier molecular flexibility index (Phi) is 5.73. The molecule has 0 saturated carbocycles. The maximum Gasteiger partial charge on any atom is 0.293 e. The maximum absolute atomic E-state index is 11.3. The fraction of sp³-hybridized carbons (Fsp3) is 0.562. The number of benzene rings is 1. The van der Waals surface area contributed by atoms with Crippen molar-refractivity contribution in [1.82, 2.24) is 0 Å². The second kappa shape index (κ2) is 7.76. The van der Waals surface area contributed by atoms with Gasteiger partial charge in [0.15, 0.2) is 0 Å². The zero-order valence-corrected chi connectivity index (χ0v) is 12.6. The zero-order valence-electron chi connectivity index (χ0n) is 12.6. The Morgan fingerprint density at radius 3 is 2.91 bits per heavy atom. The van der Waals surface area contributed by atoms with E-state index in [2.05, 4.69) is 4.90 Å². The number of nitro benzene ring substituents is 1. The van der Waals surface area contributed by atoms with Gasteiger partial charge in [-0.25, -0.2) is 0 Å². The molecule has 0 bridgehead atoms. The molecule has 0 radical (unpaired) electrons. The summed E-state index contributed by atoms with van der Waals surface area (Å²) >= 11 is 0. The van der Waals surface area contributed by atoms with E-state index < -0.39 is 4.92 Å². The fourth-order valence-electron chi connectivity index (χ4n) is 3.09. The van der Waals surface area contributed by atoms with Crippen molar-refractivity contribution in [3.05, 3.63) is 33.9 Å². The third kappa shape index (κ3) is 3.74.